The first-order chi connectivity index (χ1) is 16.2. The van der Waals surface area contributed by atoms with E-state index < -0.39 is 35.8 Å². The highest BCUT2D eigenvalue weighted by atomic mass is 35.5. The van der Waals surface area contributed by atoms with Gasteiger partial charge < -0.3 is 10.2 Å². The summed E-state index contributed by atoms with van der Waals surface area (Å²) in [4.78, 5) is 53.2. The number of carbonyl (C=O) groups excluding carboxylic acids is 4. The summed E-state index contributed by atoms with van der Waals surface area (Å²) < 4.78 is 0. The summed E-state index contributed by atoms with van der Waals surface area (Å²) in [5.74, 6) is -1.62. The summed E-state index contributed by atoms with van der Waals surface area (Å²) in [6.45, 7) is 3.84. The van der Waals surface area contributed by atoms with Crippen LogP contribution >= 0.6 is 11.6 Å². The highest BCUT2D eigenvalue weighted by Gasteiger charge is 2.45. The van der Waals surface area contributed by atoms with E-state index in [1.54, 1.807) is 31.2 Å². The predicted octanol–water partition coefficient (Wildman–Crippen LogP) is 3.17. The lowest BCUT2D eigenvalue weighted by Gasteiger charge is -2.22. The maximum Gasteiger partial charge on any atom is 0.332 e. The number of halogens is 1. The van der Waals surface area contributed by atoms with E-state index in [0.717, 1.165) is 16.0 Å². The first-order valence-corrected chi connectivity index (χ1v) is 11.3. The first-order valence-electron chi connectivity index (χ1n) is 10.9. The fraction of sp³-hybridized carbons (Fsp3) is 0.333. The number of benzene rings is 2. The van der Waals surface area contributed by atoms with Gasteiger partial charge in [0.2, 0.25) is 5.91 Å². The third-order valence-electron chi connectivity index (χ3n) is 5.69. The van der Waals surface area contributed by atoms with Gasteiger partial charge in [-0.25, -0.2) is 15.2 Å². The molecule has 1 fully saturated rings. The van der Waals surface area contributed by atoms with Gasteiger partial charge in [-0.3, -0.25) is 19.6 Å². The van der Waals surface area contributed by atoms with E-state index in [1.165, 1.54) is 10.4 Å². The molecule has 3 rings (SSSR count). The van der Waals surface area contributed by atoms with Gasteiger partial charge in [-0.2, -0.15) is 0 Å². The van der Waals surface area contributed by atoms with Crippen LogP contribution in [0.1, 0.15) is 37.3 Å². The number of hydrogen-bond donors (Lipinski definition) is 3. The lowest BCUT2D eigenvalue weighted by Crippen LogP contribution is -2.46. The molecule has 1 aliphatic rings. The monoisotopic (exact) mass is 486 g/mol. The molecule has 0 saturated carbocycles. The molecule has 2 aromatic rings. The molecule has 180 valence electrons. The van der Waals surface area contributed by atoms with Gasteiger partial charge in [-0.1, -0.05) is 48.4 Å². The van der Waals surface area contributed by atoms with Gasteiger partial charge in [0.1, 0.15) is 12.1 Å². The maximum atomic E-state index is 13.3. The van der Waals surface area contributed by atoms with E-state index in [2.05, 4.69) is 5.32 Å². The molecule has 2 unspecified atom stereocenters. The lowest BCUT2D eigenvalue weighted by molar-refractivity contribution is -0.135. The molecule has 2 atom stereocenters. The Labute approximate surface area is 202 Å². The molecule has 34 heavy (non-hydrogen) atoms. The van der Waals surface area contributed by atoms with Crippen molar-refractivity contribution in [3.8, 4) is 0 Å². The minimum atomic E-state index is -0.896. The van der Waals surface area contributed by atoms with Crippen molar-refractivity contribution in [2.45, 2.75) is 51.7 Å². The van der Waals surface area contributed by atoms with Crippen LogP contribution < -0.4 is 15.7 Å². The summed E-state index contributed by atoms with van der Waals surface area (Å²) >= 11 is 5.95. The van der Waals surface area contributed by atoms with Crippen molar-refractivity contribution < 1.29 is 24.4 Å². The summed E-state index contributed by atoms with van der Waals surface area (Å²) in [7, 11) is 0. The van der Waals surface area contributed by atoms with Gasteiger partial charge in [0, 0.05) is 18.0 Å². The molecule has 2 aromatic carbocycles. The lowest BCUT2D eigenvalue weighted by atomic mass is 10.1. The van der Waals surface area contributed by atoms with E-state index >= 15 is 0 Å². The number of amides is 5. The highest BCUT2D eigenvalue weighted by molar-refractivity contribution is 6.30. The maximum absolute atomic E-state index is 13.3. The largest absolute Gasteiger partial charge is 0.344 e. The zero-order valence-electron chi connectivity index (χ0n) is 19.0. The Morgan fingerprint density at radius 2 is 1.74 bits per heavy atom. The van der Waals surface area contributed by atoms with E-state index in [1.807, 2.05) is 31.2 Å². The molecule has 0 aromatic heterocycles. The number of nitrogens with one attached hydrogen (secondary N) is 2. The molecule has 10 heteroatoms. The number of anilines is 1. The van der Waals surface area contributed by atoms with Crippen LogP contribution in [0.15, 0.2) is 48.5 Å². The third-order valence-corrected chi connectivity index (χ3v) is 5.94. The van der Waals surface area contributed by atoms with Crippen LogP contribution in [0, 0.1) is 6.92 Å². The molecule has 0 aliphatic carbocycles. The number of nitrogens with zero attached hydrogens (tertiary/aromatic N) is 2. The molecule has 1 saturated heterocycles. The smallest absolute Gasteiger partial charge is 0.332 e. The Kier molecular flexibility index (Phi) is 8.25. The summed E-state index contributed by atoms with van der Waals surface area (Å²) in [5.41, 5.74) is 3.84. The topological polar surface area (TPSA) is 119 Å². The van der Waals surface area contributed by atoms with Gasteiger partial charge in [0.05, 0.1) is 5.69 Å². The molecule has 1 aliphatic heterocycles. The molecule has 0 radical (unpaired) electrons. The molecule has 1 heterocycles. The van der Waals surface area contributed by atoms with Crippen LogP contribution in [-0.2, 0) is 20.9 Å². The molecule has 0 bridgehead atoms. The van der Waals surface area contributed by atoms with Crippen LogP contribution in [0.2, 0.25) is 5.02 Å². The second kappa shape index (κ2) is 11.1. The van der Waals surface area contributed by atoms with E-state index in [-0.39, 0.29) is 25.8 Å². The summed E-state index contributed by atoms with van der Waals surface area (Å²) in [6.07, 6.45) is 0.268. The van der Waals surface area contributed by atoms with Gasteiger partial charge in [-0.15, -0.1) is 0 Å². The van der Waals surface area contributed by atoms with Gasteiger partial charge in [-0.05, 0) is 49.6 Å². The number of aryl methyl sites for hydroxylation is 1. The second-order valence-corrected chi connectivity index (χ2v) is 8.54. The van der Waals surface area contributed by atoms with Crippen LogP contribution in [0.4, 0.5) is 10.5 Å². The number of hydrogen-bond acceptors (Lipinski definition) is 5. The predicted molar refractivity (Wildman–Crippen MR) is 126 cm³/mol. The average Bonchev–Trinajstić information content (AvgIpc) is 3.06. The van der Waals surface area contributed by atoms with Crippen molar-refractivity contribution in [2.75, 3.05) is 4.90 Å². The number of hydroxylamine groups is 1. The Balaban J connectivity index is 1.80. The summed E-state index contributed by atoms with van der Waals surface area (Å²) in [5, 5.41) is 11.8. The van der Waals surface area contributed by atoms with Crippen molar-refractivity contribution >= 4 is 41.0 Å². The van der Waals surface area contributed by atoms with Crippen molar-refractivity contribution in [2.24, 2.45) is 0 Å². The molecular weight excluding hydrogens is 460 g/mol. The minimum Gasteiger partial charge on any atom is -0.344 e. The summed E-state index contributed by atoms with van der Waals surface area (Å²) in [6, 6.07) is 11.8. The fourth-order valence-corrected chi connectivity index (χ4v) is 3.90. The van der Waals surface area contributed by atoms with Crippen LogP contribution in [0.3, 0.4) is 0 Å². The van der Waals surface area contributed by atoms with Gasteiger partial charge in [0.25, 0.3) is 11.8 Å². The van der Waals surface area contributed by atoms with E-state index in [4.69, 9.17) is 16.8 Å². The fourth-order valence-electron chi connectivity index (χ4n) is 3.78. The Bertz CT molecular complexity index is 1060. The van der Waals surface area contributed by atoms with Gasteiger partial charge >= 0.3 is 6.03 Å². The zero-order valence-corrected chi connectivity index (χ0v) is 19.7. The normalized spacial score (nSPS) is 16.5. The Hall–Kier alpha value is -3.43. The average molecular weight is 487 g/mol. The zero-order chi connectivity index (χ0) is 24.8. The number of urea groups is 1. The van der Waals surface area contributed by atoms with Crippen LogP contribution in [-0.4, -0.2) is 45.9 Å². The minimum absolute atomic E-state index is 0.0730. The van der Waals surface area contributed by atoms with E-state index in [9.17, 15) is 19.2 Å². The van der Waals surface area contributed by atoms with E-state index in [0.29, 0.717) is 10.7 Å². The Morgan fingerprint density at radius 1 is 1.09 bits per heavy atom. The standard InChI is InChI=1S/C24H27ClN4O5/c1-3-19(22(31)27-34)26-21(30)13-12-20-23(32)29(18-10-8-17(25)9-11-18)24(33)28(20)14-16-6-4-15(2)5-7-16/h4-11,19-20,34H,3,12-14H2,1-2H3,(H,26,30)(H,27,31). The van der Waals surface area contributed by atoms with Gasteiger partial charge in [0.15, 0.2) is 0 Å². The van der Waals surface area contributed by atoms with Crippen molar-refractivity contribution in [1.82, 2.24) is 15.7 Å². The third kappa shape index (κ3) is 5.73. The van der Waals surface area contributed by atoms with Crippen molar-refractivity contribution in [1.29, 1.82) is 0 Å². The van der Waals surface area contributed by atoms with Crippen LogP contribution in [0.25, 0.3) is 0 Å². The number of carbonyl (C=O) groups is 4. The number of imide groups is 1. The second-order valence-electron chi connectivity index (χ2n) is 8.11. The van der Waals surface area contributed by atoms with Crippen LogP contribution in [0.5, 0.6) is 0 Å². The highest BCUT2D eigenvalue weighted by Crippen LogP contribution is 2.29. The molecule has 5 amide bonds. The Morgan fingerprint density at radius 3 is 2.32 bits per heavy atom. The number of rotatable bonds is 9. The quantitative estimate of drug-likeness (QED) is 0.286. The van der Waals surface area contributed by atoms with Crippen molar-refractivity contribution in [3.63, 3.8) is 0 Å². The SMILES string of the molecule is CCC(NC(=O)CCC1C(=O)N(c2ccc(Cl)cc2)C(=O)N1Cc1ccc(C)cc1)C(=O)NO. The molecule has 0 spiro atoms. The first kappa shape index (κ1) is 25.2. The van der Waals surface area contributed by atoms with Crippen molar-refractivity contribution in [3.05, 3.63) is 64.7 Å². The molecule has 3 N–H and O–H groups in total. The molecule has 9 nitrogen and oxygen atoms in total. The molecular formula is C24H27ClN4O5.